The van der Waals surface area contributed by atoms with Gasteiger partial charge in [0.25, 0.3) is 5.89 Å². The normalized spacial score (nSPS) is 12.4. The molecule has 1 unspecified atom stereocenters. The molecule has 0 bridgehead atoms. The highest BCUT2D eigenvalue weighted by Gasteiger charge is 2.12. The van der Waals surface area contributed by atoms with Gasteiger partial charge in [-0.25, -0.2) is 0 Å². The predicted molar refractivity (Wildman–Crippen MR) is 69.8 cm³/mol. The molecular formula is C13H15ClN2O2. The first-order valence-electron chi connectivity index (χ1n) is 5.91. The van der Waals surface area contributed by atoms with Gasteiger partial charge in [0.05, 0.1) is 12.0 Å². The summed E-state index contributed by atoms with van der Waals surface area (Å²) in [5.41, 5.74) is 0.833. The molecule has 96 valence electrons. The summed E-state index contributed by atoms with van der Waals surface area (Å²) in [6.45, 7) is 4.56. The summed E-state index contributed by atoms with van der Waals surface area (Å²) in [5.74, 6) is 1.75. The third kappa shape index (κ3) is 3.01. The second-order valence-electron chi connectivity index (χ2n) is 3.95. The van der Waals surface area contributed by atoms with Crippen LogP contribution in [0.4, 0.5) is 0 Å². The molecule has 18 heavy (non-hydrogen) atoms. The molecule has 2 rings (SSSR count). The van der Waals surface area contributed by atoms with E-state index in [0.717, 1.165) is 17.7 Å². The van der Waals surface area contributed by atoms with Crippen LogP contribution in [0.2, 0.25) is 0 Å². The Morgan fingerprint density at radius 3 is 2.94 bits per heavy atom. The van der Waals surface area contributed by atoms with Crippen molar-refractivity contribution in [3.63, 3.8) is 0 Å². The average Bonchev–Trinajstić information content (AvgIpc) is 2.86. The summed E-state index contributed by atoms with van der Waals surface area (Å²) < 4.78 is 10.7. The van der Waals surface area contributed by atoms with Crippen molar-refractivity contribution in [2.45, 2.75) is 25.6 Å². The lowest BCUT2D eigenvalue weighted by atomic mass is 10.2. The lowest BCUT2D eigenvalue weighted by Gasteiger charge is -2.04. The minimum atomic E-state index is -0.262. The van der Waals surface area contributed by atoms with Crippen LogP contribution in [0.3, 0.4) is 0 Å². The van der Waals surface area contributed by atoms with Gasteiger partial charge in [-0.3, -0.25) is 0 Å². The van der Waals surface area contributed by atoms with Gasteiger partial charge >= 0.3 is 0 Å². The third-order valence-corrected chi connectivity index (χ3v) is 2.55. The molecule has 0 radical (unpaired) electrons. The lowest BCUT2D eigenvalue weighted by Crippen LogP contribution is -1.94. The molecular weight excluding hydrogens is 252 g/mol. The molecule has 0 spiro atoms. The molecule has 0 fully saturated rings. The first kappa shape index (κ1) is 12.9. The maximum Gasteiger partial charge on any atom is 0.258 e. The number of aromatic nitrogens is 2. The Morgan fingerprint density at radius 2 is 2.28 bits per heavy atom. The molecule has 0 saturated carbocycles. The topological polar surface area (TPSA) is 48.2 Å². The van der Waals surface area contributed by atoms with Crippen molar-refractivity contribution in [1.82, 2.24) is 10.1 Å². The average molecular weight is 267 g/mol. The highest BCUT2D eigenvalue weighted by atomic mass is 35.5. The number of rotatable bonds is 5. The molecule has 0 aliphatic rings. The summed E-state index contributed by atoms with van der Waals surface area (Å²) in [5, 5.41) is 3.56. The van der Waals surface area contributed by atoms with Crippen LogP contribution in [0.5, 0.6) is 5.75 Å². The monoisotopic (exact) mass is 266 g/mol. The van der Waals surface area contributed by atoms with E-state index in [-0.39, 0.29) is 5.38 Å². The highest BCUT2D eigenvalue weighted by Crippen LogP contribution is 2.25. The minimum Gasteiger partial charge on any atom is -0.494 e. The Hall–Kier alpha value is -1.55. The number of alkyl halides is 1. The van der Waals surface area contributed by atoms with E-state index in [2.05, 4.69) is 17.1 Å². The quantitative estimate of drug-likeness (QED) is 0.772. The Balaban J connectivity index is 2.21. The van der Waals surface area contributed by atoms with Crippen LogP contribution in [0.1, 0.15) is 31.5 Å². The SMILES string of the molecule is CCCOc1cccc(-c2nc(C(C)Cl)no2)c1. The molecule has 1 atom stereocenters. The molecule has 1 aromatic carbocycles. The van der Waals surface area contributed by atoms with Crippen molar-refractivity contribution in [2.24, 2.45) is 0 Å². The van der Waals surface area contributed by atoms with Gasteiger partial charge in [0.15, 0.2) is 5.82 Å². The Labute approximate surface area is 111 Å². The molecule has 2 aromatic rings. The van der Waals surface area contributed by atoms with Crippen molar-refractivity contribution in [2.75, 3.05) is 6.61 Å². The molecule has 0 aliphatic carbocycles. The van der Waals surface area contributed by atoms with Crippen LogP contribution in [0.25, 0.3) is 11.5 Å². The van der Waals surface area contributed by atoms with Gasteiger partial charge < -0.3 is 9.26 Å². The Bertz CT molecular complexity index is 511. The van der Waals surface area contributed by atoms with Crippen LogP contribution in [-0.4, -0.2) is 16.7 Å². The summed E-state index contributed by atoms with van der Waals surface area (Å²) in [6, 6.07) is 7.58. The van der Waals surface area contributed by atoms with Crippen LogP contribution in [-0.2, 0) is 0 Å². The van der Waals surface area contributed by atoms with E-state index in [1.54, 1.807) is 6.92 Å². The van der Waals surface area contributed by atoms with E-state index in [0.29, 0.717) is 18.3 Å². The van der Waals surface area contributed by atoms with Gasteiger partial charge in [-0.15, -0.1) is 11.6 Å². The number of ether oxygens (including phenoxy) is 1. The molecule has 4 nitrogen and oxygen atoms in total. The summed E-state index contributed by atoms with van der Waals surface area (Å²) in [7, 11) is 0. The van der Waals surface area contributed by atoms with Gasteiger partial charge in [-0.1, -0.05) is 18.1 Å². The molecule has 0 amide bonds. The first-order valence-corrected chi connectivity index (χ1v) is 6.35. The molecule has 0 saturated heterocycles. The number of benzene rings is 1. The van der Waals surface area contributed by atoms with Gasteiger partial charge in [-0.2, -0.15) is 4.98 Å². The van der Waals surface area contributed by atoms with Crippen molar-refractivity contribution < 1.29 is 9.26 Å². The van der Waals surface area contributed by atoms with E-state index < -0.39 is 0 Å². The molecule has 0 aliphatic heterocycles. The largest absolute Gasteiger partial charge is 0.494 e. The van der Waals surface area contributed by atoms with Crippen LogP contribution in [0.15, 0.2) is 28.8 Å². The second kappa shape index (κ2) is 5.87. The van der Waals surface area contributed by atoms with E-state index in [1.165, 1.54) is 0 Å². The summed E-state index contributed by atoms with van der Waals surface area (Å²) in [4.78, 5) is 4.24. The van der Waals surface area contributed by atoms with Crippen molar-refractivity contribution in [1.29, 1.82) is 0 Å². The highest BCUT2D eigenvalue weighted by molar-refractivity contribution is 6.20. The zero-order valence-electron chi connectivity index (χ0n) is 10.4. The van der Waals surface area contributed by atoms with Gasteiger partial charge in [0, 0.05) is 5.56 Å². The van der Waals surface area contributed by atoms with E-state index in [4.69, 9.17) is 20.9 Å². The molecule has 0 N–H and O–H groups in total. The Kier molecular flexibility index (Phi) is 4.20. The Morgan fingerprint density at radius 1 is 1.44 bits per heavy atom. The zero-order chi connectivity index (χ0) is 13.0. The number of nitrogens with zero attached hydrogens (tertiary/aromatic N) is 2. The van der Waals surface area contributed by atoms with E-state index >= 15 is 0 Å². The van der Waals surface area contributed by atoms with Crippen molar-refractivity contribution >= 4 is 11.6 Å². The van der Waals surface area contributed by atoms with Gasteiger partial charge in [0.1, 0.15) is 5.75 Å². The molecule has 5 heteroatoms. The maximum atomic E-state index is 5.89. The minimum absolute atomic E-state index is 0.262. The lowest BCUT2D eigenvalue weighted by molar-refractivity contribution is 0.317. The standard InChI is InChI=1S/C13H15ClN2O2/c1-3-7-17-11-6-4-5-10(8-11)13-15-12(9(2)14)16-18-13/h4-6,8-9H,3,7H2,1-2H3. The smallest absolute Gasteiger partial charge is 0.258 e. The van der Waals surface area contributed by atoms with E-state index in [9.17, 15) is 0 Å². The predicted octanol–water partition coefficient (Wildman–Crippen LogP) is 3.83. The van der Waals surface area contributed by atoms with Crippen LogP contribution in [0, 0.1) is 0 Å². The van der Waals surface area contributed by atoms with E-state index in [1.807, 2.05) is 24.3 Å². The summed E-state index contributed by atoms with van der Waals surface area (Å²) >= 11 is 5.89. The number of halogens is 1. The van der Waals surface area contributed by atoms with Crippen molar-refractivity contribution in [3.8, 4) is 17.2 Å². The molecule has 1 aromatic heterocycles. The first-order chi connectivity index (χ1) is 8.70. The number of hydrogen-bond acceptors (Lipinski definition) is 4. The third-order valence-electron chi connectivity index (χ3n) is 2.35. The van der Waals surface area contributed by atoms with Gasteiger partial charge in [0.2, 0.25) is 0 Å². The fraction of sp³-hybridized carbons (Fsp3) is 0.385. The van der Waals surface area contributed by atoms with Crippen LogP contribution < -0.4 is 4.74 Å². The molecule has 1 heterocycles. The number of hydrogen-bond donors (Lipinski definition) is 0. The zero-order valence-corrected chi connectivity index (χ0v) is 11.1. The summed E-state index contributed by atoms with van der Waals surface area (Å²) in [6.07, 6.45) is 0.971. The van der Waals surface area contributed by atoms with Crippen molar-refractivity contribution in [3.05, 3.63) is 30.1 Å². The fourth-order valence-corrected chi connectivity index (χ4v) is 1.54. The van der Waals surface area contributed by atoms with Gasteiger partial charge in [-0.05, 0) is 31.5 Å². The second-order valence-corrected chi connectivity index (χ2v) is 4.60. The maximum absolute atomic E-state index is 5.89. The fourth-order valence-electron chi connectivity index (χ4n) is 1.45. The van der Waals surface area contributed by atoms with Crippen LogP contribution >= 0.6 is 11.6 Å².